The summed E-state index contributed by atoms with van der Waals surface area (Å²) in [5.74, 6) is -2.50. The second kappa shape index (κ2) is 7.34. The number of hydrogen-bond donors (Lipinski definition) is 3. The van der Waals surface area contributed by atoms with Crippen molar-refractivity contribution in [1.82, 2.24) is 0 Å². The van der Waals surface area contributed by atoms with E-state index in [1.54, 1.807) is 19.1 Å². The molecule has 4 rings (SSSR count). The molecule has 1 atom stereocenters. The van der Waals surface area contributed by atoms with E-state index in [1.807, 2.05) is 12.1 Å². The number of fused-ring (bicyclic) bond motifs is 3. The number of rotatable bonds is 3. The highest BCUT2D eigenvalue weighted by atomic mass is 79.9. The third-order valence-electron chi connectivity index (χ3n) is 5.92. The number of halogens is 1. The Kier molecular flexibility index (Phi) is 5.01. The van der Waals surface area contributed by atoms with E-state index in [0.29, 0.717) is 11.4 Å². The zero-order valence-electron chi connectivity index (χ0n) is 17.8. The fourth-order valence-electron chi connectivity index (χ4n) is 4.21. The monoisotopic (exact) mass is 497 g/mol. The molecule has 7 nitrogen and oxygen atoms in total. The molecule has 0 saturated heterocycles. The summed E-state index contributed by atoms with van der Waals surface area (Å²) >= 11 is 3.38. The van der Waals surface area contributed by atoms with E-state index in [0.717, 1.165) is 4.47 Å². The maximum absolute atomic E-state index is 13.7. The van der Waals surface area contributed by atoms with Gasteiger partial charge in [-0.15, -0.1) is 0 Å². The quantitative estimate of drug-likeness (QED) is 0.326. The van der Waals surface area contributed by atoms with Crippen molar-refractivity contribution in [3.63, 3.8) is 0 Å². The van der Waals surface area contributed by atoms with E-state index < -0.39 is 28.5 Å². The second-order valence-corrected chi connectivity index (χ2v) is 8.94. The third kappa shape index (κ3) is 2.97. The van der Waals surface area contributed by atoms with Gasteiger partial charge in [0, 0.05) is 27.5 Å². The van der Waals surface area contributed by atoms with Crippen LogP contribution in [-0.4, -0.2) is 27.6 Å². The average Bonchev–Trinajstić information content (AvgIpc) is 2.99. The van der Waals surface area contributed by atoms with Crippen LogP contribution in [0.3, 0.4) is 0 Å². The van der Waals surface area contributed by atoms with E-state index in [4.69, 9.17) is 4.74 Å². The molecule has 1 heterocycles. The first-order valence-corrected chi connectivity index (χ1v) is 10.6. The van der Waals surface area contributed by atoms with Crippen LogP contribution < -0.4 is 10.1 Å². The number of carbonyl (C=O) groups is 3. The Morgan fingerprint density at radius 1 is 1.16 bits per heavy atom. The van der Waals surface area contributed by atoms with Crippen LogP contribution in [0.1, 0.15) is 42.3 Å². The second-order valence-electron chi connectivity index (χ2n) is 8.02. The first-order valence-electron chi connectivity index (χ1n) is 9.81. The van der Waals surface area contributed by atoms with Crippen LogP contribution in [0.5, 0.6) is 17.2 Å². The van der Waals surface area contributed by atoms with Gasteiger partial charge in [-0.2, -0.15) is 0 Å². The SMILES string of the molecule is CC(=O)c1c(O)c(C)c(O)c2c1OC1=CC(=O)/C(=C(/C)Nc3cccc(Br)c3)C(=O)[C@]12C. The van der Waals surface area contributed by atoms with Crippen molar-refractivity contribution in [2.75, 3.05) is 5.32 Å². The van der Waals surface area contributed by atoms with Crippen molar-refractivity contribution in [3.8, 4) is 17.2 Å². The predicted octanol–water partition coefficient (Wildman–Crippen LogP) is 4.44. The lowest BCUT2D eigenvalue weighted by Crippen LogP contribution is -2.40. The molecule has 0 spiro atoms. The van der Waals surface area contributed by atoms with Gasteiger partial charge in [-0.05, 0) is 45.9 Å². The summed E-state index contributed by atoms with van der Waals surface area (Å²) in [5, 5.41) is 24.3. The first-order chi connectivity index (χ1) is 15.0. The standard InChI is InChI=1S/C24H20BrNO6/c1-10-20(29)18(12(3)27)22-19(21(10)30)24(4)16(32-22)9-15(28)17(23(24)31)11(2)26-14-7-5-6-13(25)8-14/h5-9,26,29-30H,1-4H3/b17-11+/t24-/m1/s1. The molecule has 1 aliphatic carbocycles. The van der Waals surface area contributed by atoms with Gasteiger partial charge in [0.05, 0.1) is 11.1 Å². The number of phenolic OH excluding ortho intramolecular Hbond substituents is 2. The zero-order valence-corrected chi connectivity index (χ0v) is 19.4. The summed E-state index contributed by atoms with van der Waals surface area (Å²) < 4.78 is 6.58. The number of hydrogen-bond acceptors (Lipinski definition) is 7. The van der Waals surface area contributed by atoms with E-state index in [1.165, 1.54) is 26.8 Å². The van der Waals surface area contributed by atoms with Crippen LogP contribution >= 0.6 is 15.9 Å². The molecule has 0 unspecified atom stereocenters. The number of ether oxygens (including phenoxy) is 1. The molecule has 0 aromatic heterocycles. The van der Waals surface area contributed by atoms with Crippen LogP contribution in [0.2, 0.25) is 0 Å². The predicted molar refractivity (Wildman–Crippen MR) is 121 cm³/mol. The largest absolute Gasteiger partial charge is 0.507 e. The lowest BCUT2D eigenvalue weighted by Gasteiger charge is -2.29. The molecule has 32 heavy (non-hydrogen) atoms. The Morgan fingerprint density at radius 2 is 1.84 bits per heavy atom. The van der Waals surface area contributed by atoms with E-state index in [2.05, 4.69) is 21.2 Å². The van der Waals surface area contributed by atoms with E-state index in [-0.39, 0.29) is 39.5 Å². The Morgan fingerprint density at radius 3 is 2.47 bits per heavy atom. The maximum Gasteiger partial charge on any atom is 0.194 e. The van der Waals surface area contributed by atoms with Crippen molar-refractivity contribution in [2.45, 2.75) is 33.1 Å². The molecular formula is C24H20BrNO6. The van der Waals surface area contributed by atoms with Crippen LogP contribution in [0, 0.1) is 6.92 Å². The highest BCUT2D eigenvalue weighted by Gasteiger charge is 2.56. The number of anilines is 1. The number of allylic oxidation sites excluding steroid dienone is 4. The molecule has 8 heteroatoms. The van der Waals surface area contributed by atoms with E-state index in [9.17, 15) is 24.6 Å². The van der Waals surface area contributed by atoms with Gasteiger partial charge in [-0.25, -0.2) is 0 Å². The number of phenols is 2. The maximum atomic E-state index is 13.7. The van der Waals surface area contributed by atoms with Crippen LogP contribution in [0.25, 0.3) is 0 Å². The molecule has 0 radical (unpaired) electrons. The minimum absolute atomic E-state index is 0.00399. The molecular weight excluding hydrogens is 478 g/mol. The van der Waals surface area contributed by atoms with Gasteiger partial charge in [0.15, 0.2) is 17.3 Å². The molecule has 2 aromatic rings. The Balaban J connectivity index is 1.92. The molecule has 1 aliphatic heterocycles. The number of nitrogens with one attached hydrogen (secondary N) is 1. The molecule has 2 aromatic carbocycles. The minimum Gasteiger partial charge on any atom is -0.507 e. The zero-order chi connectivity index (χ0) is 23.5. The topological polar surface area (TPSA) is 113 Å². The van der Waals surface area contributed by atoms with Gasteiger partial charge in [0.1, 0.15) is 34.0 Å². The average molecular weight is 498 g/mol. The fourth-order valence-corrected chi connectivity index (χ4v) is 4.61. The number of ketones is 3. The number of benzene rings is 2. The molecule has 0 saturated carbocycles. The molecule has 164 valence electrons. The van der Waals surface area contributed by atoms with Gasteiger partial charge >= 0.3 is 0 Å². The Bertz CT molecular complexity index is 1310. The number of carbonyl (C=O) groups excluding carboxylic acids is 3. The van der Waals surface area contributed by atoms with Crippen LogP contribution in [-0.2, 0) is 15.0 Å². The highest BCUT2D eigenvalue weighted by Crippen LogP contribution is 2.57. The van der Waals surface area contributed by atoms with Crippen LogP contribution in [0.15, 0.2) is 51.8 Å². The van der Waals surface area contributed by atoms with Crippen molar-refractivity contribution in [3.05, 3.63) is 68.5 Å². The molecule has 0 fully saturated rings. The summed E-state index contributed by atoms with van der Waals surface area (Å²) in [4.78, 5) is 38.9. The lowest BCUT2D eigenvalue weighted by atomic mass is 9.70. The summed E-state index contributed by atoms with van der Waals surface area (Å²) in [5.41, 5.74) is -0.622. The van der Waals surface area contributed by atoms with Gasteiger partial charge < -0.3 is 20.3 Å². The van der Waals surface area contributed by atoms with Crippen molar-refractivity contribution in [2.24, 2.45) is 0 Å². The van der Waals surface area contributed by atoms with Crippen molar-refractivity contribution < 1.29 is 29.3 Å². The summed E-state index contributed by atoms with van der Waals surface area (Å²) in [6, 6.07) is 7.25. The molecule has 2 aliphatic rings. The Labute approximate surface area is 192 Å². The number of Topliss-reactive ketones (excluding diaryl/α,β-unsaturated/α-hetero) is 2. The lowest BCUT2D eigenvalue weighted by molar-refractivity contribution is -0.123. The summed E-state index contributed by atoms with van der Waals surface area (Å²) in [7, 11) is 0. The van der Waals surface area contributed by atoms with Crippen molar-refractivity contribution >= 4 is 39.0 Å². The fraction of sp³-hybridized carbons (Fsp3) is 0.208. The molecule has 0 bridgehead atoms. The minimum atomic E-state index is -1.54. The summed E-state index contributed by atoms with van der Waals surface area (Å²) in [6.07, 6.45) is 1.19. The van der Waals surface area contributed by atoms with Gasteiger partial charge in [0.25, 0.3) is 0 Å². The van der Waals surface area contributed by atoms with E-state index >= 15 is 0 Å². The third-order valence-corrected chi connectivity index (χ3v) is 6.41. The van der Waals surface area contributed by atoms with Crippen LogP contribution in [0.4, 0.5) is 5.69 Å². The van der Waals surface area contributed by atoms with Gasteiger partial charge in [-0.3, -0.25) is 14.4 Å². The Hall–Kier alpha value is -3.39. The smallest absolute Gasteiger partial charge is 0.194 e. The summed E-state index contributed by atoms with van der Waals surface area (Å²) in [6.45, 7) is 5.84. The normalized spacial score (nSPS) is 20.8. The van der Waals surface area contributed by atoms with Gasteiger partial charge in [-0.1, -0.05) is 22.0 Å². The number of aromatic hydroxyl groups is 2. The molecule has 0 amide bonds. The van der Waals surface area contributed by atoms with Gasteiger partial charge in [0.2, 0.25) is 0 Å². The first kappa shape index (κ1) is 21.8. The highest BCUT2D eigenvalue weighted by molar-refractivity contribution is 9.10. The molecule has 3 N–H and O–H groups in total. The van der Waals surface area contributed by atoms with Crippen molar-refractivity contribution in [1.29, 1.82) is 0 Å².